The van der Waals surface area contributed by atoms with Gasteiger partial charge in [-0.1, -0.05) is 6.07 Å². The molecule has 0 bridgehead atoms. The molecule has 0 unspecified atom stereocenters. The topological polar surface area (TPSA) is 28.6 Å². The minimum Gasteiger partial charge on any atom is -0.381 e. The Morgan fingerprint density at radius 3 is 2.68 bits per heavy atom. The van der Waals surface area contributed by atoms with Crippen LogP contribution in [0.15, 0.2) is 18.3 Å². The van der Waals surface area contributed by atoms with Crippen LogP contribution in [-0.4, -0.2) is 49.3 Å². The highest BCUT2D eigenvalue weighted by atomic mass is 16.5. The van der Waals surface area contributed by atoms with Crippen molar-refractivity contribution in [2.45, 2.75) is 32.2 Å². The summed E-state index contributed by atoms with van der Waals surface area (Å²) in [5.41, 5.74) is 1.41. The van der Waals surface area contributed by atoms with E-state index in [0.29, 0.717) is 0 Å². The van der Waals surface area contributed by atoms with Crippen LogP contribution in [0.2, 0.25) is 0 Å². The molecule has 2 aliphatic heterocycles. The van der Waals surface area contributed by atoms with E-state index in [1.165, 1.54) is 56.7 Å². The molecule has 0 aromatic carbocycles. The Bertz CT molecular complexity index is 497. The quantitative estimate of drug-likeness (QED) is 0.854. The minimum atomic E-state index is 0.809. The lowest BCUT2D eigenvalue weighted by Gasteiger charge is -2.29. The van der Waals surface area contributed by atoms with Gasteiger partial charge < -0.3 is 9.64 Å². The summed E-state index contributed by atoms with van der Waals surface area (Å²) >= 11 is 0. The maximum absolute atomic E-state index is 5.50. The number of ether oxygens (including phenoxy) is 1. The summed E-state index contributed by atoms with van der Waals surface area (Å²) in [6.45, 7) is 7.67. The zero-order chi connectivity index (χ0) is 14.8. The SMILES string of the molecule is c1cnc2c(c1)CN(CC1CCOCC1)CCN2CC1CC1. The number of hydrogen-bond acceptors (Lipinski definition) is 4. The van der Waals surface area contributed by atoms with Crippen molar-refractivity contribution in [1.82, 2.24) is 9.88 Å². The number of aromatic nitrogens is 1. The predicted octanol–water partition coefficient (Wildman–Crippen LogP) is 2.54. The van der Waals surface area contributed by atoms with Gasteiger partial charge in [0.2, 0.25) is 0 Å². The highest BCUT2D eigenvalue weighted by molar-refractivity contribution is 5.47. The maximum atomic E-state index is 5.50. The van der Waals surface area contributed by atoms with Crippen LogP contribution < -0.4 is 4.90 Å². The van der Waals surface area contributed by atoms with Crippen molar-refractivity contribution in [2.75, 3.05) is 44.3 Å². The number of nitrogens with zero attached hydrogens (tertiary/aromatic N) is 3. The molecule has 1 aromatic rings. The summed E-state index contributed by atoms with van der Waals surface area (Å²) in [7, 11) is 0. The molecule has 4 rings (SSSR count). The molecule has 120 valence electrons. The largest absolute Gasteiger partial charge is 0.381 e. The normalized spacial score (nSPS) is 24.1. The summed E-state index contributed by atoms with van der Waals surface area (Å²) in [5, 5.41) is 0. The number of rotatable bonds is 4. The fourth-order valence-corrected chi connectivity index (χ4v) is 3.77. The molecular weight excluding hydrogens is 274 g/mol. The number of hydrogen-bond donors (Lipinski definition) is 0. The Morgan fingerprint density at radius 1 is 1.05 bits per heavy atom. The third-order valence-electron chi connectivity index (χ3n) is 5.28. The molecule has 0 spiro atoms. The molecule has 3 heterocycles. The molecule has 4 heteroatoms. The van der Waals surface area contributed by atoms with Gasteiger partial charge in [0.15, 0.2) is 0 Å². The van der Waals surface area contributed by atoms with Crippen LogP contribution in [0.4, 0.5) is 5.82 Å². The van der Waals surface area contributed by atoms with Crippen LogP contribution in [-0.2, 0) is 11.3 Å². The van der Waals surface area contributed by atoms with Crippen molar-refractivity contribution in [3.63, 3.8) is 0 Å². The molecule has 0 radical (unpaired) electrons. The molecule has 1 aliphatic carbocycles. The van der Waals surface area contributed by atoms with Gasteiger partial charge >= 0.3 is 0 Å². The van der Waals surface area contributed by atoms with E-state index in [-0.39, 0.29) is 0 Å². The van der Waals surface area contributed by atoms with E-state index in [1.54, 1.807) is 0 Å². The average Bonchev–Trinajstić information content (AvgIpc) is 3.38. The van der Waals surface area contributed by atoms with Gasteiger partial charge in [0.25, 0.3) is 0 Å². The first-order valence-electron chi connectivity index (χ1n) is 8.87. The lowest BCUT2D eigenvalue weighted by molar-refractivity contribution is 0.0521. The molecule has 0 N–H and O–H groups in total. The number of pyridine rings is 1. The van der Waals surface area contributed by atoms with Crippen LogP contribution in [0.3, 0.4) is 0 Å². The molecule has 22 heavy (non-hydrogen) atoms. The first kappa shape index (κ1) is 14.5. The fourth-order valence-electron chi connectivity index (χ4n) is 3.77. The summed E-state index contributed by atoms with van der Waals surface area (Å²) in [6.07, 6.45) is 7.21. The molecule has 1 saturated carbocycles. The van der Waals surface area contributed by atoms with Crippen LogP contribution in [0.5, 0.6) is 0 Å². The van der Waals surface area contributed by atoms with Crippen molar-refractivity contribution in [3.8, 4) is 0 Å². The van der Waals surface area contributed by atoms with Gasteiger partial charge in [0, 0.05) is 57.7 Å². The van der Waals surface area contributed by atoms with Crippen molar-refractivity contribution < 1.29 is 4.74 Å². The third kappa shape index (κ3) is 3.44. The molecule has 0 atom stereocenters. The van der Waals surface area contributed by atoms with Crippen molar-refractivity contribution in [2.24, 2.45) is 11.8 Å². The number of anilines is 1. The first-order chi connectivity index (χ1) is 10.9. The van der Waals surface area contributed by atoms with Gasteiger partial charge in [-0.15, -0.1) is 0 Å². The second-order valence-electron chi connectivity index (χ2n) is 7.17. The van der Waals surface area contributed by atoms with E-state index in [1.807, 2.05) is 6.20 Å². The van der Waals surface area contributed by atoms with Crippen molar-refractivity contribution in [3.05, 3.63) is 23.9 Å². The van der Waals surface area contributed by atoms with Gasteiger partial charge in [-0.2, -0.15) is 0 Å². The van der Waals surface area contributed by atoms with E-state index in [0.717, 1.165) is 38.1 Å². The van der Waals surface area contributed by atoms with Gasteiger partial charge in [0.1, 0.15) is 5.82 Å². The summed E-state index contributed by atoms with van der Waals surface area (Å²) in [6, 6.07) is 4.36. The monoisotopic (exact) mass is 301 g/mol. The Labute approximate surface area is 133 Å². The Kier molecular flexibility index (Phi) is 4.30. The third-order valence-corrected chi connectivity index (χ3v) is 5.28. The predicted molar refractivity (Wildman–Crippen MR) is 88.0 cm³/mol. The molecule has 2 fully saturated rings. The van der Waals surface area contributed by atoms with E-state index in [2.05, 4.69) is 21.9 Å². The van der Waals surface area contributed by atoms with Crippen molar-refractivity contribution in [1.29, 1.82) is 0 Å². The Morgan fingerprint density at radius 2 is 1.86 bits per heavy atom. The molecule has 4 nitrogen and oxygen atoms in total. The summed E-state index contributed by atoms with van der Waals surface area (Å²) < 4.78 is 5.50. The molecular formula is C18H27N3O. The van der Waals surface area contributed by atoms with Gasteiger partial charge in [-0.05, 0) is 43.6 Å². The standard InChI is InChI=1S/C18H27N3O/c1-2-17-14-20(12-16-5-10-22-11-6-16)8-9-21(13-15-3-4-15)18(17)19-7-1/h1-2,7,15-16H,3-6,8-14H2. The fraction of sp³-hybridized carbons (Fsp3) is 0.722. The maximum Gasteiger partial charge on any atom is 0.133 e. The molecule has 0 amide bonds. The highest BCUT2D eigenvalue weighted by Gasteiger charge is 2.28. The van der Waals surface area contributed by atoms with E-state index in [9.17, 15) is 0 Å². The van der Waals surface area contributed by atoms with Crippen LogP contribution >= 0.6 is 0 Å². The lowest BCUT2D eigenvalue weighted by Crippen LogP contribution is -2.36. The zero-order valence-electron chi connectivity index (χ0n) is 13.4. The van der Waals surface area contributed by atoms with Crippen LogP contribution in [0, 0.1) is 11.8 Å². The van der Waals surface area contributed by atoms with Gasteiger partial charge in [-0.3, -0.25) is 4.90 Å². The van der Waals surface area contributed by atoms with Crippen molar-refractivity contribution >= 4 is 5.82 Å². The van der Waals surface area contributed by atoms with E-state index < -0.39 is 0 Å². The first-order valence-corrected chi connectivity index (χ1v) is 8.87. The second kappa shape index (κ2) is 6.55. The summed E-state index contributed by atoms with van der Waals surface area (Å²) in [5.74, 6) is 2.96. The second-order valence-corrected chi connectivity index (χ2v) is 7.17. The van der Waals surface area contributed by atoms with Crippen LogP contribution in [0.25, 0.3) is 0 Å². The van der Waals surface area contributed by atoms with Gasteiger partial charge in [0.05, 0.1) is 0 Å². The van der Waals surface area contributed by atoms with E-state index in [4.69, 9.17) is 9.72 Å². The van der Waals surface area contributed by atoms with E-state index >= 15 is 0 Å². The Hall–Kier alpha value is -1.13. The molecule has 3 aliphatic rings. The molecule has 1 saturated heterocycles. The zero-order valence-corrected chi connectivity index (χ0v) is 13.4. The van der Waals surface area contributed by atoms with Crippen LogP contribution in [0.1, 0.15) is 31.2 Å². The highest BCUT2D eigenvalue weighted by Crippen LogP contribution is 2.33. The lowest BCUT2D eigenvalue weighted by atomic mass is 9.99. The number of fused-ring (bicyclic) bond motifs is 1. The van der Waals surface area contributed by atoms with Gasteiger partial charge in [-0.25, -0.2) is 4.98 Å². The smallest absolute Gasteiger partial charge is 0.133 e. The average molecular weight is 301 g/mol. The molecule has 1 aromatic heterocycles. The Balaban J connectivity index is 1.46. The minimum absolute atomic E-state index is 0.809. The summed E-state index contributed by atoms with van der Waals surface area (Å²) in [4.78, 5) is 9.88.